The highest BCUT2D eigenvalue weighted by Gasteiger charge is 2.40. The lowest BCUT2D eigenvalue weighted by Crippen LogP contribution is -2.54. The van der Waals surface area contributed by atoms with Gasteiger partial charge in [-0.25, -0.2) is 9.67 Å². The van der Waals surface area contributed by atoms with Crippen molar-refractivity contribution in [3.05, 3.63) is 48.2 Å². The van der Waals surface area contributed by atoms with Crippen molar-refractivity contribution in [2.24, 2.45) is 0 Å². The predicted molar refractivity (Wildman–Crippen MR) is 110 cm³/mol. The summed E-state index contributed by atoms with van der Waals surface area (Å²) < 4.78 is 1.80. The van der Waals surface area contributed by atoms with Crippen molar-refractivity contribution in [3.63, 3.8) is 0 Å². The van der Waals surface area contributed by atoms with Crippen LogP contribution in [0.1, 0.15) is 55.9 Å². The van der Waals surface area contributed by atoms with Gasteiger partial charge < -0.3 is 10.4 Å². The molecule has 0 aliphatic heterocycles. The van der Waals surface area contributed by atoms with E-state index in [2.05, 4.69) is 10.4 Å². The van der Waals surface area contributed by atoms with E-state index in [4.69, 9.17) is 4.98 Å². The number of nitrogens with one attached hydrogen (secondary N) is 1. The monoisotopic (exact) mass is 392 g/mol. The SMILES string of the molecule is CC(C)n1ncc2c(C(=O)NC3(CC(=O)O)CCC3)cc(-c3ccccc3)nc21. The zero-order valence-corrected chi connectivity index (χ0v) is 16.6. The Balaban J connectivity index is 1.80. The number of aromatic nitrogens is 3. The normalized spacial score (nSPS) is 15.3. The molecule has 150 valence electrons. The second-order valence-electron chi connectivity index (χ2n) is 8.00. The Morgan fingerprint density at radius 2 is 1.97 bits per heavy atom. The predicted octanol–water partition coefficient (Wildman–Crippen LogP) is 3.81. The van der Waals surface area contributed by atoms with Crippen LogP contribution in [0.15, 0.2) is 42.6 Å². The minimum atomic E-state index is -0.900. The number of hydrogen-bond acceptors (Lipinski definition) is 4. The number of carboxylic acids is 1. The largest absolute Gasteiger partial charge is 0.481 e. The van der Waals surface area contributed by atoms with Crippen LogP contribution in [-0.2, 0) is 4.79 Å². The Morgan fingerprint density at radius 1 is 1.24 bits per heavy atom. The molecule has 1 fully saturated rings. The maximum atomic E-state index is 13.2. The van der Waals surface area contributed by atoms with Gasteiger partial charge in [-0.3, -0.25) is 9.59 Å². The van der Waals surface area contributed by atoms with Crippen LogP contribution in [0.25, 0.3) is 22.3 Å². The molecule has 1 saturated carbocycles. The summed E-state index contributed by atoms with van der Waals surface area (Å²) in [4.78, 5) is 29.3. The Morgan fingerprint density at radius 3 is 2.55 bits per heavy atom. The van der Waals surface area contributed by atoms with E-state index in [0.29, 0.717) is 35.1 Å². The van der Waals surface area contributed by atoms with Gasteiger partial charge in [-0.1, -0.05) is 30.3 Å². The fourth-order valence-electron chi connectivity index (χ4n) is 3.89. The van der Waals surface area contributed by atoms with Crippen molar-refractivity contribution < 1.29 is 14.7 Å². The lowest BCUT2D eigenvalue weighted by Gasteiger charge is -2.41. The zero-order valence-electron chi connectivity index (χ0n) is 16.6. The summed E-state index contributed by atoms with van der Waals surface area (Å²) in [5.74, 6) is -1.18. The highest BCUT2D eigenvalue weighted by molar-refractivity contribution is 6.07. The van der Waals surface area contributed by atoms with Gasteiger partial charge in [0.05, 0.1) is 34.8 Å². The lowest BCUT2D eigenvalue weighted by atomic mass is 9.74. The molecule has 0 bridgehead atoms. The molecule has 2 heterocycles. The van der Waals surface area contributed by atoms with Gasteiger partial charge in [-0.2, -0.15) is 5.10 Å². The van der Waals surface area contributed by atoms with Crippen molar-refractivity contribution in [1.29, 1.82) is 0 Å². The molecule has 1 aliphatic carbocycles. The van der Waals surface area contributed by atoms with Crippen LogP contribution < -0.4 is 5.32 Å². The quantitative estimate of drug-likeness (QED) is 0.665. The molecule has 7 heteroatoms. The van der Waals surface area contributed by atoms with Crippen molar-refractivity contribution >= 4 is 22.9 Å². The average molecular weight is 392 g/mol. The molecule has 1 amide bonds. The maximum Gasteiger partial charge on any atom is 0.305 e. The van der Waals surface area contributed by atoms with Crippen LogP contribution in [0, 0.1) is 0 Å². The molecule has 0 atom stereocenters. The average Bonchev–Trinajstić information content (AvgIpc) is 3.10. The Hall–Kier alpha value is -3.22. The van der Waals surface area contributed by atoms with Crippen LogP contribution in [-0.4, -0.2) is 37.3 Å². The molecule has 3 aromatic rings. The van der Waals surface area contributed by atoms with Crippen LogP contribution in [0.3, 0.4) is 0 Å². The smallest absolute Gasteiger partial charge is 0.305 e. The molecule has 4 rings (SSSR count). The fourth-order valence-corrected chi connectivity index (χ4v) is 3.89. The summed E-state index contributed by atoms with van der Waals surface area (Å²) in [5.41, 5.74) is 2.04. The molecule has 2 N–H and O–H groups in total. The first kappa shape index (κ1) is 19.1. The first-order chi connectivity index (χ1) is 13.9. The van der Waals surface area contributed by atoms with Crippen molar-refractivity contribution in [3.8, 4) is 11.3 Å². The summed E-state index contributed by atoms with van der Waals surface area (Å²) in [6.45, 7) is 4.03. The second-order valence-corrected chi connectivity index (χ2v) is 8.00. The number of carbonyl (C=O) groups is 2. The standard InChI is InChI=1S/C22H24N4O3/c1-14(2)26-20-17(13-23-26)16(11-18(24-20)15-7-4-3-5-8-15)21(29)25-22(9-6-10-22)12-19(27)28/h3-5,7-8,11,13-14H,6,9-10,12H2,1-2H3,(H,25,29)(H,27,28). The lowest BCUT2D eigenvalue weighted by molar-refractivity contribution is -0.139. The van der Waals surface area contributed by atoms with Gasteiger partial charge in [0.15, 0.2) is 5.65 Å². The first-order valence-electron chi connectivity index (χ1n) is 9.86. The molecule has 0 saturated heterocycles. The topological polar surface area (TPSA) is 97.1 Å². The van der Waals surface area contributed by atoms with Crippen LogP contribution >= 0.6 is 0 Å². The van der Waals surface area contributed by atoms with Gasteiger partial charge in [0.1, 0.15) is 0 Å². The maximum absolute atomic E-state index is 13.2. The Labute approximate surface area is 168 Å². The summed E-state index contributed by atoms with van der Waals surface area (Å²) in [6.07, 6.45) is 3.87. The van der Waals surface area contributed by atoms with Gasteiger partial charge in [0.2, 0.25) is 0 Å². The van der Waals surface area contributed by atoms with E-state index in [1.165, 1.54) is 0 Å². The summed E-state index contributed by atoms with van der Waals surface area (Å²) in [7, 11) is 0. The molecule has 7 nitrogen and oxygen atoms in total. The number of fused-ring (bicyclic) bond motifs is 1. The minimum Gasteiger partial charge on any atom is -0.481 e. The number of carbonyl (C=O) groups excluding carboxylic acids is 1. The molecule has 0 spiro atoms. The third-order valence-corrected chi connectivity index (χ3v) is 5.55. The Kier molecular flexibility index (Phi) is 4.82. The number of nitrogens with zero attached hydrogens (tertiary/aromatic N) is 3. The van der Waals surface area contributed by atoms with Gasteiger partial charge >= 0.3 is 5.97 Å². The number of amides is 1. The van der Waals surface area contributed by atoms with E-state index in [1.54, 1.807) is 16.9 Å². The molecule has 1 aromatic carbocycles. The highest BCUT2D eigenvalue weighted by atomic mass is 16.4. The molecule has 29 heavy (non-hydrogen) atoms. The molecule has 2 aromatic heterocycles. The minimum absolute atomic E-state index is 0.0657. The number of aliphatic carboxylic acids is 1. The van der Waals surface area contributed by atoms with Crippen LogP contribution in [0.4, 0.5) is 0 Å². The van der Waals surface area contributed by atoms with Crippen molar-refractivity contribution in [1.82, 2.24) is 20.1 Å². The van der Waals surface area contributed by atoms with Gasteiger partial charge in [0.25, 0.3) is 5.91 Å². The number of benzene rings is 1. The third-order valence-electron chi connectivity index (χ3n) is 5.55. The van der Waals surface area contributed by atoms with E-state index in [9.17, 15) is 14.7 Å². The van der Waals surface area contributed by atoms with Gasteiger partial charge in [-0.05, 0) is 39.2 Å². The van der Waals surface area contributed by atoms with E-state index in [0.717, 1.165) is 12.0 Å². The third kappa shape index (κ3) is 3.60. The van der Waals surface area contributed by atoms with E-state index < -0.39 is 11.5 Å². The number of hydrogen-bond donors (Lipinski definition) is 2. The fraction of sp³-hybridized carbons (Fsp3) is 0.364. The van der Waals surface area contributed by atoms with Gasteiger partial charge in [-0.15, -0.1) is 0 Å². The molecular formula is C22H24N4O3. The summed E-state index contributed by atoms with van der Waals surface area (Å²) in [6, 6.07) is 11.5. The van der Waals surface area contributed by atoms with E-state index in [1.807, 2.05) is 44.2 Å². The highest BCUT2D eigenvalue weighted by Crippen LogP contribution is 2.36. The van der Waals surface area contributed by atoms with Crippen molar-refractivity contribution in [2.75, 3.05) is 0 Å². The van der Waals surface area contributed by atoms with Crippen LogP contribution in [0.5, 0.6) is 0 Å². The number of rotatable bonds is 6. The number of pyridine rings is 1. The van der Waals surface area contributed by atoms with Crippen molar-refractivity contribution in [2.45, 2.75) is 51.1 Å². The molecule has 0 unspecified atom stereocenters. The zero-order chi connectivity index (χ0) is 20.6. The van der Waals surface area contributed by atoms with E-state index in [-0.39, 0.29) is 18.4 Å². The molecule has 1 aliphatic rings. The second kappa shape index (κ2) is 7.31. The molecular weight excluding hydrogens is 368 g/mol. The summed E-state index contributed by atoms with van der Waals surface area (Å²) in [5, 5.41) is 17.4. The first-order valence-corrected chi connectivity index (χ1v) is 9.86. The van der Waals surface area contributed by atoms with E-state index >= 15 is 0 Å². The van der Waals surface area contributed by atoms with Gasteiger partial charge in [0, 0.05) is 11.6 Å². The van der Waals surface area contributed by atoms with Crippen LogP contribution in [0.2, 0.25) is 0 Å². The Bertz CT molecular complexity index is 1070. The molecule has 0 radical (unpaired) electrons. The number of carboxylic acid groups (broad SMARTS) is 1. The summed E-state index contributed by atoms with van der Waals surface area (Å²) >= 11 is 0.